The van der Waals surface area contributed by atoms with Crippen molar-refractivity contribution in [1.82, 2.24) is 15.3 Å². The van der Waals surface area contributed by atoms with Crippen molar-refractivity contribution in [2.75, 3.05) is 18.0 Å². The molecular formula is C22H27F3N4O. The van der Waals surface area contributed by atoms with Gasteiger partial charge < -0.3 is 10.2 Å². The lowest BCUT2D eigenvalue weighted by Gasteiger charge is -2.20. The van der Waals surface area contributed by atoms with E-state index < -0.39 is 11.7 Å². The van der Waals surface area contributed by atoms with Crippen LogP contribution in [0.4, 0.5) is 19.0 Å². The molecule has 1 aromatic heterocycles. The Morgan fingerprint density at radius 2 is 1.83 bits per heavy atom. The van der Waals surface area contributed by atoms with Crippen LogP contribution in [0.1, 0.15) is 66.3 Å². The monoisotopic (exact) mass is 420 g/mol. The molecule has 0 spiro atoms. The molecule has 0 bridgehead atoms. The molecule has 5 nitrogen and oxygen atoms in total. The Bertz CT molecular complexity index is 846. The molecule has 8 heteroatoms. The summed E-state index contributed by atoms with van der Waals surface area (Å²) in [6.07, 6.45) is 3.33. The van der Waals surface area contributed by atoms with Crippen LogP contribution >= 0.6 is 0 Å². The van der Waals surface area contributed by atoms with E-state index >= 15 is 0 Å². The number of amides is 1. The molecule has 1 fully saturated rings. The fraction of sp³-hybridized carbons (Fsp3) is 0.500. The molecule has 1 aromatic carbocycles. The number of alkyl halides is 3. The van der Waals surface area contributed by atoms with Gasteiger partial charge in [0.25, 0.3) is 5.91 Å². The van der Waals surface area contributed by atoms with Gasteiger partial charge in [-0.25, -0.2) is 9.97 Å². The molecule has 1 aliphatic heterocycles. The number of hydrogen-bond acceptors (Lipinski definition) is 4. The molecule has 1 saturated heterocycles. The number of benzene rings is 1. The van der Waals surface area contributed by atoms with Crippen LogP contribution in [0.15, 0.2) is 30.5 Å². The average Bonchev–Trinajstić information content (AvgIpc) is 3.26. The van der Waals surface area contributed by atoms with Crippen molar-refractivity contribution < 1.29 is 18.0 Å². The topological polar surface area (TPSA) is 58.1 Å². The van der Waals surface area contributed by atoms with E-state index in [0.717, 1.165) is 69.6 Å². The lowest BCUT2D eigenvalue weighted by Crippen LogP contribution is -2.28. The number of nitrogens with one attached hydrogen (secondary N) is 1. The van der Waals surface area contributed by atoms with Gasteiger partial charge in [0.1, 0.15) is 17.2 Å². The van der Waals surface area contributed by atoms with Crippen LogP contribution < -0.4 is 10.2 Å². The van der Waals surface area contributed by atoms with Gasteiger partial charge in [-0.15, -0.1) is 0 Å². The van der Waals surface area contributed by atoms with Gasteiger partial charge in [0.2, 0.25) is 0 Å². The molecule has 30 heavy (non-hydrogen) atoms. The third-order valence-electron chi connectivity index (χ3n) is 5.21. The summed E-state index contributed by atoms with van der Waals surface area (Å²) in [6.45, 7) is 3.98. The zero-order valence-electron chi connectivity index (χ0n) is 17.1. The van der Waals surface area contributed by atoms with Gasteiger partial charge in [-0.1, -0.05) is 31.9 Å². The zero-order chi connectivity index (χ0) is 21.6. The smallest absolute Gasteiger partial charge is 0.356 e. The fourth-order valence-electron chi connectivity index (χ4n) is 3.48. The maximum absolute atomic E-state index is 12.8. The summed E-state index contributed by atoms with van der Waals surface area (Å²) in [5, 5.41) is 2.78. The molecule has 0 atom stereocenters. The maximum Gasteiger partial charge on any atom is 0.416 e. The van der Waals surface area contributed by atoms with Crippen molar-refractivity contribution in [3.8, 4) is 0 Å². The summed E-state index contributed by atoms with van der Waals surface area (Å²) >= 11 is 0. The van der Waals surface area contributed by atoms with E-state index in [1.165, 1.54) is 12.1 Å². The largest absolute Gasteiger partial charge is 0.416 e. The molecule has 0 radical (unpaired) electrons. The Balaban J connectivity index is 1.70. The van der Waals surface area contributed by atoms with Gasteiger partial charge in [0.05, 0.1) is 5.56 Å². The molecule has 0 aliphatic carbocycles. The second-order valence-corrected chi connectivity index (χ2v) is 7.55. The summed E-state index contributed by atoms with van der Waals surface area (Å²) in [5.41, 5.74) is 0.292. The van der Waals surface area contributed by atoms with Gasteiger partial charge >= 0.3 is 6.18 Å². The number of hydrogen-bond donors (Lipinski definition) is 1. The summed E-state index contributed by atoms with van der Waals surface area (Å²) in [5.74, 6) is 1.07. The first-order chi connectivity index (χ1) is 14.4. The number of anilines is 1. The van der Waals surface area contributed by atoms with Crippen molar-refractivity contribution in [2.24, 2.45) is 0 Å². The first kappa shape index (κ1) is 22.1. The Morgan fingerprint density at radius 3 is 2.47 bits per heavy atom. The van der Waals surface area contributed by atoms with Crippen LogP contribution in [0, 0.1) is 0 Å². The SMILES string of the molecule is CCCCCc1ncc(C(=O)NCc2ccc(C(F)(F)F)cc2)c(N2CCCC2)n1. The minimum atomic E-state index is -4.37. The Labute approximate surface area is 174 Å². The van der Waals surface area contributed by atoms with Gasteiger partial charge in [-0.05, 0) is 37.0 Å². The molecule has 0 unspecified atom stereocenters. The van der Waals surface area contributed by atoms with Crippen LogP contribution in [0.25, 0.3) is 0 Å². The van der Waals surface area contributed by atoms with Crippen molar-refractivity contribution >= 4 is 11.7 Å². The van der Waals surface area contributed by atoms with Gasteiger partial charge in [0, 0.05) is 32.3 Å². The number of rotatable bonds is 8. The second-order valence-electron chi connectivity index (χ2n) is 7.55. The highest BCUT2D eigenvalue weighted by Crippen LogP contribution is 2.29. The number of nitrogens with zero attached hydrogens (tertiary/aromatic N) is 3. The average molecular weight is 420 g/mol. The summed E-state index contributed by atoms with van der Waals surface area (Å²) < 4.78 is 38.1. The lowest BCUT2D eigenvalue weighted by atomic mass is 10.1. The predicted molar refractivity (Wildman–Crippen MR) is 109 cm³/mol. The zero-order valence-corrected chi connectivity index (χ0v) is 17.1. The highest BCUT2D eigenvalue weighted by atomic mass is 19.4. The highest BCUT2D eigenvalue weighted by molar-refractivity contribution is 5.98. The molecule has 2 heterocycles. The molecule has 1 amide bonds. The van der Waals surface area contributed by atoms with E-state index in [0.29, 0.717) is 16.9 Å². The second kappa shape index (κ2) is 9.91. The van der Waals surface area contributed by atoms with Gasteiger partial charge in [-0.3, -0.25) is 4.79 Å². The van der Waals surface area contributed by atoms with Gasteiger partial charge in [-0.2, -0.15) is 13.2 Å². The van der Waals surface area contributed by atoms with Crippen molar-refractivity contribution in [3.63, 3.8) is 0 Å². The highest BCUT2D eigenvalue weighted by Gasteiger charge is 2.30. The number of carbonyl (C=O) groups is 1. The van der Waals surface area contributed by atoms with E-state index in [9.17, 15) is 18.0 Å². The molecule has 162 valence electrons. The fourth-order valence-corrected chi connectivity index (χ4v) is 3.48. The molecule has 0 saturated carbocycles. The third-order valence-corrected chi connectivity index (χ3v) is 5.21. The van der Waals surface area contributed by atoms with E-state index in [4.69, 9.17) is 0 Å². The number of aromatic nitrogens is 2. The first-order valence-electron chi connectivity index (χ1n) is 10.4. The first-order valence-corrected chi connectivity index (χ1v) is 10.4. The van der Waals surface area contributed by atoms with E-state index in [1.54, 1.807) is 6.20 Å². The molecule has 1 N–H and O–H groups in total. The van der Waals surface area contributed by atoms with Crippen LogP contribution in [0.3, 0.4) is 0 Å². The van der Waals surface area contributed by atoms with Gasteiger partial charge in [0.15, 0.2) is 0 Å². The molecule has 1 aliphatic rings. The van der Waals surface area contributed by atoms with E-state index in [2.05, 4.69) is 27.1 Å². The molecule has 3 rings (SSSR count). The van der Waals surface area contributed by atoms with Crippen LogP contribution in [0.5, 0.6) is 0 Å². The van der Waals surface area contributed by atoms with E-state index in [1.807, 2.05) is 0 Å². The Morgan fingerprint density at radius 1 is 1.13 bits per heavy atom. The number of aryl methyl sites for hydroxylation is 1. The predicted octanol–water partition coefficient (Wildman–Crippen LogP) is 4.76. The minimum Gasteiger partial charge on any atom is -0.356 e. The lowest BCUT2D eigenvalue weighted by molar-refractivity contribution is -0.137. The molecular weight excluding hydrogens is 393 g/mol. The summed E-state index contributed by atoms with van der Waals surface area (Å²) in [7, 11) is 0. The van der Waals surface area contributed by atoms with Crippen molar-refractivity contribution in [1.29, 1.82) is 0 Å². The third kappa shape index (κ3) is 5.70. The summed E-state index contributed by atoms with van der Waals surface area (Å²) in [4.78, 5) is 23.9. The van der Waals surface area contributed by atoms with Crippen molar-refractivity contribution in [2.45, 2.75) is 58.2 Å². The Kier molecular flexibility index (Phi) is 7.29. The van der Waals surface area contributed by atoms with Crippen LogP contribution in [0.2, 0.25) is 0 Å². The quantitative estimate of drug-likeness (QED) is 0.626. The molecule has 2 aromatic rings. The normalized spacial score (nSPS) is 14.2. The van der Waals surface area contributed by atoms with Crippen molar-refractivity contribution in [3.05, 3.63) is 53.0 Å². The number of halogens is 3. The Hall–Kier alpha value is -2.64. The summed E-state index contributed by atoms with van der Waals surface area (Å²) in [6, 6.07) is 4.78. The minimum absolute atomic E-state index is 0.134. The van der Waals surface area contributed by atoms with Crippen LogP contribution in [-0.2, 0) is 19.1 Å². The van der Waals surface area contributed by atoms with E-state index in [-0.39, 0.29) is 12.5 Å². The maximum atomic E-state index is 12.8. The van der Waals surface area contributed by atoms with Crippen LogP contribution in [-0.4, -0.2) is 29.0 Å². The standard InChI is InChI=1S/C22H27F3N4O/c1-2-3-4-7-19-26-15-18(20(28-19)29-12-5-6-13-29)21(30)27-14-16-8-10-17(11-9-16)22(23,24)25/h8-11,15H,2-7,12-14H2,1H3,(H,27,30). The number of unbranched alkanes of at least 4 members (excludes halogenated alkanes) is 2. The number of carbonyl (C=O) groups excluding carboxylic acids is 1.